The van der Waals surface area contributed by atoms with Crippen molar-refractivity contribution in [1.29, 1.82) is 0 Å². The molecule has 32 heavy (non-hydrogen) atoms. The van der Waals surface area contributed by atoms with E-state index in [2.05, 4.69) is 33.9 Å². The minimum atomic E-state index is -1.83. The highest BCUT2D eigenvalue weighted by Crippen LogP contribution is 2.37. The van der Waals surface area contributed by atoms with E-state index in [1.165, 1.54) is 19.3 Å². The first-order valence-electron chi connectivity index (χ1n) is 11.3. The first-order valence-corrected chi connectivity index (χ1v) is 14.2. The summed E-state index contributed by atoms with van der Waals surface area (Å²) < 4.78 is 27.2. The Hall–Kier alpha value is -1.48. The summed E-state index contributed by atoms with van der Waals surface area (Å²) in [5.41, 5.74) is 0. The third kappa shape index (κ3) is 13.8. The summed E-state index contributed by atoms with van der Waals surface area (Å²) in [5, 5.41) is 0.145. The van der Waals surface area contributed by atoms with Crippen LogP contribution < -0.4 is 0 Å². The molecule has 0 N–H and O–H groups in total. The molecule has 8 heteroatoms. The minimum Gasteiger partial charge on any atom is -0.463 e. The van der Waals surface area contributed by atoms with E-state index in [1.54, 1.807) is 19.1 Å². The Morgan fingerprint density at radius 1 is 0.969 bits per heavy atom. The molecule has 0 aromatic carbocycles. The van der Waals surface area contributed by atoms with Crippen molar-refractivity contribution in [2.75, 3.05) is 20.5 Å². The third-order valence-electron chi connectivity index (χ3n) is 5.30. The van der Waals surface area contributed by atoms with Crippen LogP contribution in [0.25, 0.3) is 0 Å². The minimum absolute atomic E-state index is 0.0374. The monoisotopic (exact) mass is 472 g/mol. The van der Waals surface area contributed by atoms with Crippen molar-refractivity contribution in [3.63, 3.8) is 0 Å². The Bertz CT molecular complexity index is 608. The Morgan fingerprint density at radius 3 is 2.12 bits per heavy atom. The van der Waals surface area contributed by atoms with Gasteiger partial charge in [0.05, 0.1) is 12.7 Å². The van der Waals surface area contributed by atoms with Gasteiger partial charge in [-0.2, -0.15) is 0 Å². The van der Waals surface area contributed by atoms with E-state index in [0.717, 1.165) is 0 Å². The molecule has 0 fully saturated rings. The topological polar surface area (TPSA) is 80.3 Å². The molecule has 0 aliphatic rings. The van der Waals surface area contributed by atoms with Crippen molar-refractivity contribution in [3.8, 4) is 0 Å². The van der Waals surface area contributed by atoms with Gasteiger partial charge in [-0.15, -0.1) is 0 Å². The number of esters is 2. The van der Waals surface area contributed by atoms with Gasteiger partial charge in [0, 0.05) is 31.8 Å². The van der Waals surface area contributed by atoms with Crippen LogP contribution in [0, 0.1) is 0 Å². The highest BCUT2D eigenvalue weighted by molar-refractivity contribution is 6.74. The van der Waals surface area contributed by atoms with E-state index in [0.29, 0.717) is 25.9 Å². The summed E-state index contributed by atoms with van der Waals surface area (Å²) in [6.07, 6.45) is 7.33. The average molecular weight is 473 g/mol. The summed E-state index contributed by atoms with van der Waals surface area (Å²) in [5.74, 6) is -0.793. The van der Waals surface area contributed by atoms with E-state index >= 15 is 0 Å². The highest BCUT2D eigenvalue weighted by atomic mass is 28.4. The number of hydrogen-bond donors (Lipinski definition) is 0. The second kappa shape index (κ2) is 15.4. The maximum Gasteiger partial charge on any atom is 0.330 e. The lowest BCUT2D eigenvalue weighted by molar-refractivity contribution is -0.145. The van der Waals surface area contributed by atoms with Gasteiger partial charge >= 0.3 is 11.9 Å². The highest BCUT2D eigenvalue weighted by Gasteiger charge is 2.38. The number of ether oxygens (including phenoxy) is 4. The molecular formula is C24H44O7Si. The van der Waals surface area contributed by atoms with Gasteiger partial charge in [0.25, 0.3) is 0 Å². The Labute approximate surface area is 195 Å². The van der Waals surface area contributed by atoms with Crippen LogP contribution in [0.15, 0.2) is 24.3 Å². The summed E-state index contributed by atoms with van der Waals surface area (Å²) in [4.78, 5) is 23.6. The lowest BCUT2D eigenvalue weighted by Crippen LogP contribution is -2.43. The zero-order valence-corrected chi connectivity index (χ0v) is 22.4. The number of carbonyl (C=O) groups excluding carboxylic acids is 2. The molecule has 0 bridgehead atoms. The molecular weight excluding hydrogens is 428 g/mol. The summed E-state index contributed by atoms with van der Waals surface area (Å²) in [6.45, 7) is 17.1. The fourth-order valence-electron chi connectivity index (χ4n) is 2.64. The Balaban J connectivity index is 4.58. The van der Waals surface area contributed by atoms with E-state index in [4.69, 9.17) is 23.4 Å². The maximum absolute atomic E-state index is 12.2. The van der Waals surface area contributed by atoms with Crippen LogP contribution >= 0.6 is 0 Å². The predicted molar refractivity (Wildman–Crippen MR) is 129 cm³/mol. The molecule has 0 aliphatic heterocycles. The average Bonchev–Trinajstić information content (AvgIpc) is 2.64. The van der Waals surface area contributed by atoms with Gasteiger partial charge < -0.3 is 23.4 Å². The van der Waals surface area contributed by atoms with Gasteiger partial charge in [-0.1, -0.05) is 32.9 Å². The predicted octanol–water partition coefficient (Wildman–Crippen LogP) is 5.16. The fourth-order valence-corrected chi connectivity index (χ4v) is 4.10. The normalized spacial score (nSPS) is 15.7. The Morgan fingerprint density at radius 2 is 1.56 bits per heavy atom. The van der Waals surface area contributed by atoms with Crippen molar-refractivity contribution in [3.05, 3.63) is 24.3 Å². The van der Waals surface area contributed by atoms with Crippen molar-refractivity contribution < 1.29 is 33.0 Å². The third-order valence-corrected chi connectivity index (χ3v) is 9.90. The zero-order valence-electron chi connectivity index (χ0n) is 21.4. The zero-order chi connectivity index (χ0) is 24.8. The van der Waals surface area contributed by atoms with E-state index < -0.39 is 20.3 Å². The number of rotatable bonds is 15. The van der Waals surface area contributed by atoms with Crippen LogP contribution in [0.3, 0.4) is 0 Å². The summed E-state index contributed by atoms with van der Waals surface area (Å²) in [7, 11) is -0.295. The van der Waals surface area contributed by atoms with Gasteiger partial charge in [-0.3, -0.25) is 0 Å². The molecule has 0 spiro atoms. The van der Waals surface area contributed by atoms with Gasteiger partial charge in [0.2, 0.25) is 0 Å². The van der Waals surface area contributed by atoms with Crippen LogP contribution in [-0.2, 0) is 33.0 Å². The van der Waals surface area contributed by atoms with Crippen molar-refractivity contribution in [2.45, 2.75) is 97.2 Å². The van der Waals surface area contributed by atoms with Crippen LogP contribution in [0.2, 0.25) is 18.1 Å². The van der Waals surface area contributed by atoms with Crippen LogP contribution in [0.4, 0.5) is 0 Å². The van der Waals surface area contributed by atoms with Crippen molar-refractivity contribution in [1.82, 2.24) is 0 Å². The van der Waals surface area contributed by atoms with Crippen LogP contribution in [0.5, 0.6) is 0 Å². The number of carbonyl (C=O) groups is 2. The summed E-state index contributed by atoms with van der Waals surface area (Å²) >= 11 is 0. The molecule has 3 atom stereocenters. The largest absolute Gasteiger partial charge is 0.463 e. The lowest BCUT2D eigenvalue weighted by Gasteiger charge is -2.38. The molecule has 0 aliphatic carbocycles. The van der Waals surface area contributed by atoms with Gasteiger partial charge in [-0.05, 0) is 51.7 Å². The van der Waals surface area contributed by atoms with Gasteiger partial charge in [0.15, 0.2) is 8.32 Å². The lowest BCUT2D eigenvalue weighted by atomic mass is 10.1. The molecule has 0 saturated heterocycles. The molecule has 7 nitrogen and oxygen atoms in total. The quantitative estimate of drug-likeness (QED) is 0.141. The summed E-state index contributed by atoms with van der Waals surface area (Å²) in [6, 6.07) is 0. The first-order chi connectivity index (χ1) is 14.8. The Kier molecular flexibility index (Phi) is 14.7. The fraction of sp³-hybridized carbons (Fsp3) is 0.750. The molecule has 0 amide bonds. The molecule has 0 aromatic rings. The van der Waals surface area contributed by atoms with E-state index in [9.17, 15) is 9.59 Å². The van der Waals surface area contributed by atoms with Crippen molar-refractivity contribution >= 4 is 20.3 Å². The van der Waals surface area contributed by atoms with Crippen LogP contribution in [0.1, 0.15) is 60.8 Å². The maximum atomic E-state index is 12.2. The van der Waals surface area contributed by atoms with Crippen molar-refractivity contribution in [2.24, 2.45) is 0 Å². The molecule has 186 valence electrons. The van der Waals surface area contributed by atoms with Gasteiger partial charge in [-0.25, -0.2) is 9.59 Å². The smallest absolute Gasteiger partial charge is 0.330 e. The molecule has 0 rings (SSSR count). The molecule has 0 unspecified atom stereocenters. The van der Waals surface area contributed by atoms with Gasteiger partial charge in [0.1, 0.15) is 12.9 Å². The number of methoxy groups -OCH3 is 1. The SMILES string of the molecule is CCOC(=O)/C=C/C[C@@H](C[C@@H](C)OC(=O)/C=C/C[C@@H](C)O[Si](C)(C)C(C)(C)C)OCOC. The molecule has 0 aromatic heterocycles. The van der Waals surface area contributed by atoms with E-state index in [-0.39, 0.29) is 30.1 Å². The molecule has 0 radical (unpaired) electrons. The van der Waals surface area contributed by atoms with Crippen LogP contribution in [-0.4, -0.2) is 59.1 Å². The molecule has 0 heterocycles. The van der Waals surface area contributed by atoms with E-state index in [1.807, 2.05) is 13.8 Å². The molecule has 0 saturated carbocycles. The standard InChI is InChI=1S/C24H44O7Si/c1-10-28-22(25)15-12-14-21(29-18-27-7)17-20(3)30-23(26)16-11-13-19(2)31-32(8,9)24(4,5)6/h11-12,15-16,19-21H,10,13-14,17-18H2,1-9H3/b15-12+,16-11+/t19-,20-,21+/m1/s1. The first kappa shape index (κ1) is 30.5. The second-order valence-electron chi connectivity index (χ2n) is 9.40. The second-order valence-corrected chi connectivity index (χ2v) is 14.2. The number of hydrogen-bond acceptors (Lipinski definition) is 7.